The lowest BCUT2D eigenvalue weighted by Crippen LogP contribution is -2.39. The molecule has 0 N–H and O–H groups in total. The number of amides is 1. The third-order valence-corrected chi connectivity index (χ3v) is 6.67. The quantitative estimate of drug-likeness (QED) is 0.620. The van der Waals surface area contributed by atoms with Gasteiger partial charge in [-0.15, -0.1) is 0 Å². The first kappa shape index (κ1) is 19.2. The molecule has 0 aromatic heterocycles. The van der Waals surface area contributed by atoms with Crippen molar-refractivity contribution in [3.05, 3.63) is 88.1 Å². The highest BCUT2D eigenvalue weighted by Crippen LogP contribution is 2.48. The van der Waals surface area contributed by atoms with E-state index >= 15 is 0 Å². The molecule has 1 fully saturated rings. The molecule has 5 rings (SSSR count). The van der Waals surface area contributed by atoms with Gasteiger partial charge in [-0.1, -0.05) is 43.0 Å². The van der Waals surface area contributed by atoms with Crippen molar-refractivity contribution in [1.29, 1.82) is 0 Å². The molecule has 0 unspecified atom stereocenters. The van der Waals surface area contributed by atoms with Crippen molar-refractivity contribution in [3.63, 3.8) is 0 Å². The summed E-state index contributed by atoms with van der Waals surface area (Å²) >= 11 is 1.44. The summed E-state index contributed by atoms with van der Waals surface area (Å²) in [7, 11) is 0. The van der Waals surface area contributed by atoms with Gasteiger partial charge in [0.15, 0.2) is 5.17 Å². The van der Waals surface area contributed by atoms with Crippen molar-refractivity contribution in [2.24, 2.45) is 10.9 Å². The number of carbonyl (C=O) groups excluding carboxylic acids is 1. The van der Waals surface area contributed by atoms with Crippen LogP contribution < -0.4 is 0 Å². The van der Waals surface area contributed by atoms with Gasteiger partial charge in [0.05, 0.1) is 17.5 Å². The zero-order valence-corrected chi connectivity index (χ0v) is 17.3. The first-order valence-corrected chi connectivity index (χ1v) is 11.0. The van der Waals surface area contributed by atoms with E-state index in [9.17, 15) is 13.6 Å². The summed E-state index contributed by atoms with van der Waals surface area (Å²) in [6.07, 6.45) is 3.75. The predicted octanol–water partition coefficient (Wildman–Crippen LogP) is 5.72. The van der Waals surface area contributed by atoms with Gasteiger partial charge in [0.2, 0.25) is 5.91 Å². The molecule has 0 radical (unpaired) electrons. The van der Waals surface area contributed by atoms with E-state index in [1.807, 2.05) is 0 Å². The van der Waals surface area contributed by atoms with Gasteiger partial charge in [0.25, 0.3) is 0 Å². The van der Waals surface area contributed by atoms with Crippen molar-refractivity contribution in [1.82, 2.24) is 4.90 Å². The molecule has 30 heavy (non-hydrogen) atoms. The average Bonchev–Trinajstić information content (AvgIpc) is 3.10. The fourth-order valence-electron chi connectivity index (χ4n) is 4.45. The molecule has 0 spiro atoms. The number of benzene rings is 2. The van der Waals surface area contributed by atoms with E-state index < -0.39 is 0 Å². The second-order valence-electron chi connectivity index (χ2n) is 8.01. The minimum Gasteiger partial charge on any atom is -0.279 e. The molecule has 2 aliphatic heterocycles. The summed E-state index contributed by atoms with van der Waals surface area (Å²) in [4.78, 5) is 19.4. The summed E-state index contributed by atoms with van der Waals surface area (Å²) in [5.74, 6) is 0.208. The van der Waals surface area contributed by atoms with E-state index in [0.717, 1.165) is 40.8 Å². The topological polar surface area (TPSA) is 32.7 Å². The Labute approximate surface area is 178 Å². The Kier molecular flexibility index (Phi) is 4.82. The minimum absolute atomic E-state index is 0.0296. The zero-order valence-electron chi connectivity index (χ0n) is 16.4. The number of thioether (sulfide) groups is 1. The van der Waals surface area contributed by atoms with Crippen LogP contribution in [0, 0.1) is 17.6 Å². The Morgan fingerprint density at radius 3 is 2.40 bits per heavy atom. The maximum Gasteiger partial charge on any atom is 0.239 e. The third-order valence-electron chi connectivity index (χ3n) is 5.74. The van der Waals surface area contributed by atoms with Crippen LogP contribution in [0.3, 0.4) is 0 Å². The number of halogens is 2. The van der Waals surface area contributed by atoms with E-state index in [4.69, 9.17) is 4.99 Å². The number of hydrogen-bond donors (Lipinski definition) is 0. The van der Waals surface area contributed by atoms with Gasteiger partial charge in [-0.25, -0.2) is 13.8 Å². The standard InChI is InChI=1S/C24H20F2N2OS/c1-14-10-17(12-15-2-6-18(25)7-3-15)22-20(11-14)23(16-4-8-19(26)9-5-16)28-21(29)13-30-24(28)27-22/h2-9,12,14,23H,10-11,13H2,1H3/b17-12+/t14-,23+/m1/s1. The Balaban J connectivity index is 1.66. The van der Waals surface area contributed by atoms with Crippen LogP contribution in [0.1, 0.15) is 36.9 Å². The Bertz CT molecular complexity index is 1100. The Morgan fingerprint density at radius 2 is 1.70 bits per heavy atom. The second kappa shape index (κ2) is 7.51. The van der Waals surface area contributed by atoms with Gasteiger partial charge in [0.1, 0.15) is 11.6 Å². The van der Waals surface area contributed by atoms with Crippen LogP contribution >= 0.6 is 11.8 Å². The molecule has 0 bridgehead atoms. The zero-order chi connectivity index (χ0) is 20.8. The number of amidine groups is 1. The molecular formula is C24H20F2N2OS. The van der Waals surface area contributed by atoms with Gasteiger partial charge >= 0.3 is 0 Å². The van der Waals surface area contributed by atoms with Gasteiger partial charge < -0.3 is 0 Å². The van der Waals surface area contributed by atoms with Gasteiger partial charge in [0, 0.05) is 0 Å². The van der Waals surface area contributed by atoms with Crippen LogP contribution in [0.4, 0.5) is 8.78 Å². The molecule has 1 saturated heterocycles. The molecule has 6 heteroatoms. The van der Waals surface area contributed by atoms with Crippen molar-refractivity contribution < 1.29 is 13.6 Å². The minimum atomic E-state index is -0.298. The second-order valence-corrected chi connectivity index (χ2v) is 8.95. The van der Waals surface area contributed by atoms with Crippen LogP contribution in [-0.4, -0.2) is 21.7 Å². The number of nitrogens with zero attached hydrogens (tertiary/aromatic N) is 2. The molecule has 3 aliphatic rings. The molecule has 2 aromatic carbocycles. The van der Waals surface area contributed by atoms with E-state index in [-0.39, 0.29) is 23.6 Å². The first-order chi connectivity index (χ1) is 14.5. The van der Waals surface area contributed by atoms with Crippen LogP contribution in [0.2, 0.25) is 0 Å². The van der Waals surface area contributed by atoms with Crippen LogP contribution in [0.15, 0.2) is 70.4 Å². The van der Waals surface area contributed by atoms with Crippen molar-refractivity contribution in [3.8, 4) is 0 Å². The lowest BCUT2D eigenvalue weighted by atomic mass is 9.78. The SMILES string of the molecule is C[C@H]1CC2=C(N=C3SCC(=O)N3[C@H]2c2ccc(F)cc2)/C(=C/c2ccc(F)cc2)C1. The lowest BCUT2D eigenvalue weighted by molar-refractivity contribution is -0.125. The molecule has 1 amide bonds. The molecular weight excluding hydrogens is 402 g/mol. The smallest absolute Gasteiger partial charge is 0.239 e. The van der Waals surface area contributed by atoms with E-state index in [0.29, 0.717) is 16.8 Å². The van der Waals surface area contributed by atoms with E-state index in [2.05, 4.69) is 13.0 Å². The van der Waals surface area contributed by atoms with Crippen molar-refractivity contribution >= 4 is 28.9 Å². The van der Waals surface area contributed by atoms with Crippen molar-refractivity contribution in [2.75, 3.05) is 5.75 Å². The van der Waals surface area contributed by atoms with E-state index in [1.54, 1.807) is 29.2 Å². The summed E-state index contributed by atoms with van der Waals surface area (Å²) in [5.41, 5.74) is 4.91. The van der Waals surface area contributed by atoms with E-state index in [1.165, 1.54) is 36.0 Å². The molecule has 0 saturated carbocycles. The Morgan fingerprint density at radius 1 is 1.03 bits per heavy atom. The normalized spacial score (nSPS) is 24.8. The van der Waals surface area contributed by atoms with Crippen molar-refractivity contribution in [2.45, 2.75) is 25.8 Å². The number of hydrogen-bond acceptors (Lipinski definition) is 3. The summed E-state index contributed by atoms with van der Waals surface area (Å²) in [6, 6.07) is 12.6. The number of fused-ring (bicyclic) bond motifs is 1. The lowest BCUT2D eigenvalue weighted by Gasteiger charge is -2.39. The molecule has 2 aromatic rings. The largest absolute Gasteiger partial charge is 0.279 e. The summed E-state index contributed by atoms with van der Waals surface area (Å²) in [6.45, 7) is 2.18. The predicted molar refractivity (Wildman–Crippen MR) is 116 cm³/mol. The summed E-state index contributed by atoms with van der Waals surface area (Å²) in [5, 5.41) is 0.702. The van der Waals surface area contributed by atoms with Gasteiger partial charge in [-0.2, -0.15) is 0 Å². The maximum absolute atomic E-state index is 13.6. The van der Waals surface area contributed by atoms with Gasteiger partial charge in [-0.05, 0) is 71.4 Å². The van der Waals surface area contributed by atoms with Crippen LogP contribution in [0.25, 0.3) is 6.08 Å². The number of aliphatic imine (C=N–C) groups is 1. The fraction of sp³-hybridized carbons (Fsp3) is 0.250. The average molecular weight is 423 g/mol. The number of rotatable bonds is 2. The Hall–Kier alpha value is -2.73. The third kappa shape index (κ3) is 3.39. The molecule has 3 nitrogen and oxygen atoms in total. The highest BCUT2D eigenvalue weighted by molar-refractivity contribution is 8.15. The first-order valence-electron chi connectivity index (χ1n) is 9.98. The molecule has 2 atom stereocenters. The summed E-state index contributed by atoms with van der Waals surface area (Å²) < 4.78 is 26.9. The molecule has 2 heterocycles. The van der Waals surface area contributed by atoms with Crippen LogP contribution in [-0.2, 0) is 4.79 Å². The fourth-order valence-corrected chi connectivity index (χ4v) is 5.35. The maximum atomic E-state index is 13.6. The molecule has 1 aliphatic carbocycles. The highest BCUT2D eigenvalue weighted by atomic mass is 32.2. The highest BCUT2D eigenvalue weighted by Gasteiger charge is 2.43. The number of carbonyl (C=O) groups is 1. The monoisotopic (exact) mass is 422 g/mol. The number of allylic oxidation sites excluding steroid dienone is 1. The molecule has 152 valence electrons. The van der Waals surface area contributed by atoms with Gasteiger partial charge in [-0.3, -0.25) is 9.69 Å². The van der Waals surface area contributed by atoms with Crippen LogP contribution in [0.5, 0.6) is 0 Å².